The predicted molar refractivity (Wildman–Crippen MR) is 55.4 cm³/mol. The van der Waals surface area contributed by atoms with Crippen LogP contribution in [0.4, 0.5) is 0 Å². The lowest BCUT2D eigenvalue weighted by Gasteiger charge is -2.01. The number of aromatic nitrogens is 1. The van der Waals surface area contributed by atoms with Crippen LogP contribution in [0, 0.1) is 13.8 Å². The van der Waals surface area contributed by atoms with E-state index in [9.17, 15) is 14.4 Å². The monoisotopic (exact) mass is 224 g/mol. The van der Waals surface area contributed by atoms with E-state index in [4.69, 9.17) is 10.8 Å². The van der Waals surface area contributed by atoms with Gasteiger partial charge in [-0.1, -0.05) is 0 Å². The minimum atomic E-state index is -1.13. The van der Waals surface area contributed by atoms with E-state index in [1.165, 1.54) is 18.5 Å². The zero-order valence-corrected chi connectivity index (χ0v) is 9.20. The number of ketones is 1. The van der Waals surface area contributed by atoms with Crippen LogP contribution < -0.4 is 5.73 Å². The highest BCUT2D eigenvalue weighted by molar-refractivity contribution is 6.42. The number of carboxylic acids is 1. The van der Waals surface area contributed by atoms with Crippen LogP contribution in [0.2, 0.25) is 0 Å². The first kappa shape index (κ1) is 12.0. The van der Waals surface area contributed by atoms with E-state index < -0.39 is 17.7 Å². The number of rotatable bonds is 3. The molecular formula is C10H12N2O4. The summed E-state index contributed by atoms with van der Waals surface area (Å²) in [4.78, 5) is 33.3. The first-order chi connectivity index (χ1) is 7.29. The second-order valence-corrected chi connectivity index (χ2v) is 3.49. The standard InChI is InChI=1S/C10H12N2O4/c1-4-6(10(15)16)5(2)12(3)7(4)8(13)9(11)14/h1-3H3,(H2,11,14)(H,15,16). The van der Waals surface area contributed by atoms with Crippen LogP contribution in [0.3, 0.4) is 0 Å². The summed E-state index contributed by atoms with van der Waals surface area (Å²) in [6, 6.07) is 0. The quantitative estimate of drug-likeness (QED) is 0.557. The molecule has 0 saturated heterocycles. The third-order valence-electron chi connectivity index (χ3n) is 2.58. The molecule has 0 unspecified atom stereocenters. The highest BCUT2D eigenvalue weighted by Crippen LogP contribution is 2.21. The molecule has 1 aromatic heterocycles. The fourth-order valence-electron chi connectivity index (χ4n) is 1.73. The Labute approximate surface area is 91.7 Å². The van der Waals surface area contributed by atoms with Crippen molar-refractivity contribution in [1.82, 2.24) is 4.57 Å². The van der Waals surface area contributed by atoms with Gasteiger partial charge in [-0.25, -0.2) is 4.79 Å². The van der Waals surface area contributed by atoms with E-state index in [1.54, 1.807) is 6.92 Å². The number of aromatic carboxylic acids is 1. The molecule has 0 aliphatic heterocycles. The van der Waals surface area contributed by atoms with Crippen LogP contribution in [-0.4, -0.2) is 27.3 Å². The molecule has 86 valence electrons. The molecule has 0 aliphatic rings. The van der Waals surface area contributed by atoms with Crippen LogP contribution in [0.1, 0.15) is 32.1 Å². The number of carbonyl (C=O) groups excluding carboxylic acids is 2. The number of carboxylic acid groups (broad SMARTS) is 1. The Hall–Kier alpha value is -2.11. The summed E-state index contributed by atoms with van der Waals surface area (Å²) >= 11 is 0. The molecule has 0 saturated carbocycles. The number of nitrogens with zero attached hydrogens (tertiary/aromatic N) is 1. The lowest BCUT2D eigenvalue weighted by atomic mass is 10.1. The molecule has 1 rings (SSSR count). The minimum absolute atomic E-state index is 0.0300. The van der Waals surface area contributed by atoms with Crippen LogP contribution in [-0.2, 0) is 11.8 Å². The second-order valence-electron chi connectivity index (χ2n) is 3.49. The molecule has 0 bridgehead atoms. The van der Waals surface area contributed by atoms with Gasteiger partial charge < -0.3 is 15.4 Å². The number of Topliss-reactive ketones (excluding diaryl/α,β-unsaturated/α-hetero) is 1. The van der Waals surface area contributed by atoms with Crippen LogP contribution in [0.5, 0.6) is 0 Å². The van der Waals surface area contributed by atoms with Gasteiger partial charge in [0.25, 0.3) is 11.7 Å². The second kappa shape index (κ2) is 3.80. The Morgan fingerprint density at radius 2 is 1.75 bits per heavy atom. The van der Waals surface area contributed by atoms with Crippen molar-refractivity contribution in [3.8, 4) is 0 Å². The Morgan fingerprint density at radius 1 is 1.25 bits per heavy atom. The average molecular weight is 224 g/mol. The van der Waals surface area contributed by atoms with Gasteiger partial charge in [-0.15, -0.1) is 0 Å². The number of primary amides is 1. The molecule has 0 radical (unpaired) electrons. The van der Waals surface area contributed by atoms with Gasteiger partial charge in [-0.05, 0) is 19.4 Å². The first-order valence-electron chi connectivity index (χ1n) is 4.52. The summed E-state index contributed by atoms with van der Waals surface area (Å²) in [6.45, 7) is 3.04. The summed E-state index contributed by atoms with van der Waals surface area (Å²) in [5.41, 5.74) is 5.63. The SMILES string of the molecule is Cc1c(C(=O)O)c(C)n(C)c1C(=O)C(N)=O. The highest BCUT2D eigenvalue weighted by Gasteiger charge is 2.26. The van der Waals surface area contributed by atoms with E-state index in [0.29, 0.717) is 5.69 Å². The zero-order chi connectivity index (χ0) is 12.6. The fraction of sp³-hybridized carbons (Fsp3) is 0.300. The van der Waals surface area contributed by atoms with Crippen molar-refractivity contribution < 1.29 is 19.5 Å². The molecular weight excluding hydrogens is 212 g/mol. The van der Waals surface area contributed by atoms with Crippen LogP contribution >= 0.6 is 0 Å². The fourth-order valence-corrected chi connectivity index (χ4v) is 1.73. The zero-order valence-electron chi connectivity index (χ0n) is 9.20. The third kappa shape index (κ3) is 1.58. The summed E-state index contributed by atoms with van der Waals surface area (Å²) in [5.74, 6) is -3.11. The molecule has 0 atom stereocenters. The predicted octanol–water partition coefficient (Wildman–Crippen LogP) is 0.00814. The van der Waals surface area contributed by atoms with Crippen molar-refractivity contribution >= 4 is 17.7 Å². The lowest BCUT2D eigenvalue weighted by Crippen LogP contribution is -2.25. The Balaban J connectivity index is 3.55. The normalized spacial score (nSPS) is 10.2. The van der Waals surface area contributed by atoms with E-state index in [2.05, 4.69) is 0 Å². The molecule has 0 fully saturated rings. The molecule has 0 aromatic carbocycles. The van der Waals surface area contributed by atoms with E-state index in [-0.39, 0.29) is 16.8 Å². The average Bonchev–Trinajstić information content (AvgIpc) is 2.37. The van der Waals surface area contributed by atoms with Crippen LogP contribution in [0.25, 0.3) is 0 Å². The Morgan fingerprint density at radius 3 is 2.06 bits per heavy atom. The number of carbonyl (C=O) groups is 3. The van der Waals surface area contributed by atoms with Crippen molar-refractivity contribution in [2.24, 2.45) is 12.8 Å². The van der Waals surface area contributed by atoms with Crippen molar-refractivity contribution in [1.29, 1.82) is 0 Å². The maximum atomic E-state index is 11.5. The van der Waals surface area contributed by atoms with Gasteiger partial charge in [0.05, 0.1) is 11.3 Å². The number of amides is 1. The maximum absolute atomic E-state index is 11.5. The summed E-state index contributed by atoms with van der Waals surface area (Å²) in [7, 11) is 1.52. The largest absolute Gasteiger partial charge is 0.478 e. The molecule has 1 heterocycles. The minimum Gasteiger partial charge on any atom is -0.478 e. The van der Waals surface area contributed by atoms with Gasteiger partial charge in [0.15, 0.2) is 0 Å². The van der Waals surface area contributed by atoms with Crippen molar-refractivity contribution in [2.75, 3.05) is 0 Å². The van der Waals surface area contributed by atoms with Crippen molar-refractivity contribution in [2.45, 2.75) is 13.8 Å². The number of hydrogen-bond donors (Lipinski definition) is 2. The number of nitrogens with two attached hydrogens (primary N) is 1. The molecule has 16 heavy (non-hydrogen) atoms. The van der Waals surface area contributed by atoms with E-state index in [1.807, 2.05) is 0 Å². The summed E-state index contributed by atoms with van der Waals surface area (Å²) < 4.78 is 1.37. The lowest BCUT2D eigenvalue weighted by molar-refractivity contribution is -0.114. The van der Waals surface area contributed by atoms with Gasteiger partial charge in [0.2, 0.25) is 0 Å². The topological polar surface area (TPSA) is 102 Å². The molecule has 6 nitrogen and oxygen atoms in total. The molecule has 3 N–H and O–H groups in total. The number of hydrogen-bond acceptors (Lipinski definition) is 3. The van der Waals surface area contributed by atoms with Gasteiger partial charge in [0.1, 0.15) is 0 Å². The van der Waals surface area contributed by atoms with Crippen molar-refractivity contribution in [3.63, 3.8) is 0 Å². The maximum Gasteiger partial charge on any atom is 0.337 e. The molecule has 6 heteroatoms. The van der Waals surface area contributed by atoms with Crippen LogP contribution in [0.15, 0.2) is 0 Å². The van der Waals surface area contributed by atoms with E-state index in [0.717, 1.165) is 0 Å². The van der Waals surface area contributed by atoms with Gasteiger partial charge in [-0.2, -0.15) is 0 Å². The first-order valence-corrected chi connectivity index (χ1v) is 4.52. The Kier molecular flexibility index (Phi) is 2.84. The van der Waals surface area contributed by atoms with Crippen molar-refractivity contribution in [3.05, 3.63) is 22.5 Å². The molecule has 1 aromatic rings. The van der Waals surface area contributed by atoms with Gasteiger partial charge >= 0.3 is 5.97 Å². The summed E-state index contributed by atoms with van der Waals surface area (Å²) in [5, 5.41) is 8.96. The van der Waals surface area contributed by atoms with Gasteiger partial charge in [0, 0.05) is 12.7 Å². The Bertz CT molecular complexity index is 499. The highest BCUT2D eigenvalue weighted by atomic mass is 16.4. The molecule has 0 spiro atoms. The smallest absolute Gasteiger partial charge is 0.337 e. The third-order valence-corrected chi connectivity index (χ3v) is 2.58. The molecule has 0 aliphatic carbocycles. The van der Waals surface area contributed by atoms with Gasteiger partial charge in [-0.3, -0.25) is 9.59 Å². The summed E-state index contributed by atoms with van der Waals surface area (Å²) in [6.07, 6.45) is 0. The molecule has 1 amide bonds. The van der Waals surface area contributed by atoms with E-state index >= 15 is 0 Å².